The van der Waals surface area contributed by atoms with Gasteiger partial charge in [0.15, 0.2) is 0 Å². The number of nitrogens with zero attached hydrogens (tertiary/aromatic N) is 2. The Balaban J connectivity index is 2.03. The highest BCUT2D eigenvalue weighted by molar-refractivity contribution is 5.87. The second-order valence-corrected chi connectivity index (χ2v) is 5.36. The number of hydrogen-bond donors (Lipinski definition) is 1. The largest absolute Gasteiger partial charge is 0.361 e. The molecule has 0 bridgehead atoms. The lowest BCUT2D eigenvalue weighted by Gasteiger charge is -2.23. The normalized spacial score (nSPS) is 19.4. The molecule has 6 nitrogen and oxygen atoms in total. The Bertz CT molecular complexity index is 490. The van der Waals surface area contributed by atoms with E-state index in [1.54, 1.807) is 11.9 Å². The summed E-state index contributed by atoms with van der Waals surface area (Å²) >= 11 is 0. The topological polar surface area (TPSA) is 75.4 Å². The van der Waals surface area contributed by atoms with E-state index in [2.05, 4.69) is 10.5 Å². The molecule has 2 amide bonds. The molecule has 2 rings (SSSR count). The first-order valence-corrected chi connectivity index (χ1v) is 6.95. The molecule has 1 saturated heterocycles. The predicted molar refractivity (Wildman–Crippen MR) is 72.8 cm³/mol. The van der Waals surface area contributed by atoms with Crippen molar-refractivity contribution in [3.8, 4) is 0 Å². The Morgan fingerprint density at radius 3 is 2.85 bits per heavy atom. The molecule has 110 valence electrons. The van der Waals surface area contributed by atoms with Crippen LogP contribution in [0.5, 0.6) is 0 Å². The number of hydrogen-bond acceptors (Lipinski definition) is 4. The quantitative estimate of drug-likeness (QED) is 0.905. The summed E-state index contributed by atoms with van der Waals surface area (Å²) in [6.45, 7) is 4.14. The van der Waals surface area contributed by atoms with Crippen molar-refractivity contribution in [3.05, 3.63) is 17.0 Å². The van der Waals surface area contributed by atoms with Crippen molar-refractivity contribution in [1.82, 2.24) is 15.4 Å². The maximum absolute atomic E-state index is 12.4. The van der Waals surface area contributed by atoms with E-state index >= 15 is 0 Å². The number of likely N-dealkylation sites (N-methyl/N-ethyl adjacent to an activating group) is 1. The van der Waals surface area contributed by atoms with Gasteiger partial charge in [-0.1, -0.05) is 11.6 Å². The number of rotatable bonds is 3. The van der Waals surface area contributed by atoms with Crippen molar-refractivity contribution < 1.29 is 14.1 Å². The molecule has 0 aromatic carbocycles. The summed E-state index contributed by atoms with van der Waals surface area (Å²) in [5, 5.41) is 6.68. The molecule has 0 radical (unpaired) electrons. The zero-order chi connectivity index (χ0) is 14.7. The van der Waals surface area contributed by atoms with E-state index < -0.39 is 6.04 Å². The maximum Gasteiger partial charge on any atom is 0.245 e. The van der Waals surface area contributed by atoms with E-state index in [9.17, 15) is 9.59 Å². The van der Waals surface area contributed by atoms with Crippen LogP contribution in [0.4, 0.5) is 0 Å². The van der Waals surface area contributed by atoms with Crippen molar-refractivity contribution in [2.75, 3.05) is 7.05 Å². The van der Waals surface area contributed by atoms with Crippen LogP contribution in [-0.2, 0) is 16.1 Å². The van der Waals surface area contributed by atoms with Crippen LogP contribution in [0.3, 0.4) is 0 Å². The second-order valence-electron chi connectivity index (χ2n) is 5.36. The maximum atomic E-state index is 12.4. The summed E-state index contributed by atoms with van der Waals surface area (Å²) < 4.78 is 5.10. The van der Waals surface area contributed by atoms with Crippen LogP contribution >= 0.6 is 0 Å². The number of nitrogens with one attached hydrogen (secondary N) is 1. The van der Waals surface area contributed by atoms with Gasteiger partial charge in [-0.25, -0.2) is 0 Å². The van der Waals surface area contributed by atoms with Crippen LogP contribution in [0.2, 0.25) is 0 Å². The van der Waals surface area contributed by atoms with E-state index in [0.717, 1.165) is 29.9 Å². The Kier molecular flexibility index (Phi) is 4.42. The fraction of sp³-hybridized carbons (Fsp3) is 0.643. The lowest BCUT2D eigenvalue weighted by atomic mass is 10.1. The van der Waals surface area contributed by atoms with Crippen LogP contribution in [0.1, 0.15) is 42.7 Å². The van der Waals surface area contributed by atoms with Gasteiger partial charge in [-0.3, -0.25) is 9.59 Å². The van der Waals surface area contributed by atoms with Crippen LogP contribution < -0.4 is 5.32 Å². The van der Waals surface area contributed by atoms with Gasteiger partial charge in [0.2, 0.25) is 11.8 Å². The molecular weight excluding hydrogens is 258 g/mol. The van der Waals surface area contributed by atoms with Gasteiger partial charge in [0.25, 0.3) is 0 Å². The molecule has 1 N–H and O–H groups in total. The van der Waals surface area contributed by atoms with Gasteiger partial charge in [-0.05, 0) is 26.7 Å². The number of aromatic nitrogens is 1. The molecule has 0 spiro atoms. The van der Waals surface area contributed by atoms with Gasteiger partial charge >= 0.3 is 0 Å². The lowest BCUT2D eigenvalue weighted by Crippen LogP contribution is -2.46. The molecule has 1 atom stereocenters. The highest BCUT2D eigenvalue weighted by atomic mass is 16.5. The van der Waals surface area contributed by atoms with Crippen molar-refractivity contribution >= 4 is 11.8 Å². The van der Waals surface area contributed by atoms with Gasteiger partial charge in [0.05, 0.1) is 12.2 Å². The van der Waals surface area contributed by atoms with Crippen LogP contribution in [0.15, 0.2) is 4.52 Å². The predicted octanol–water partition coefficient (Wildman–Crippen LogP) is 1.31. The molecule has 2 heterocycles. The SMILES string of the molecule is Cc1noc(C)c1CN(C)C(=O)C1CCCCC(=O)N1. The fourth-order valence-corrected chi connectivity index (χ4v) is 2.47. The Hall–Kier alpha value is -1.85. The highest BCUT2D eigenvalue weighted by Gasteiger charge is 2.26. The van der Waals surface area contributed by atoms with Gasteiger partial charge in [-0.15, -0.1) is 0 Å². The minimum absolute atomic E-state index is 0.0356. The van der Waals surface area contributed by atoms with Crippen molar-refractivity contribution in [3.63, 3.8) is 0 Å². The number of aryl methyl sites for hydroxylation is 2. The smallest absolute Gasteiger partial charge is 0.245 e. The van der Waals surface area contributed by atoms with E-state index in [1.165, 1.54) is 0 Å². The van der Waals surface area contributed by atoms with E-state index in [4.69, 9.17) is 4.52 Å². The van der Waals surface area contributed by atoms with Gasteiger partial charge in [-0.2, -0.15) is 0 Å². The minimum Gasteiger partial charge on any atom is -0.361 e. The minimum atomic E-state index is -0.407. The monoisotopic (exact) mass is 279 g/mol. The summed E-state index contributed by atoms with van der Waals surface area (Å²) in [5.41, 5.74) is 1.73. The van der Waals surface area contributed by atoms with Gasteiger partial charge < -0.3 is 14.7 Å². The molecule has 6 heteroatoms. The summed E-state index contributed by atoms with van der Waals surface area (Å²) in [7, 11) is 1.74. The number of amides is 2. The zero-order valence-electron chi connectivity index (χ0n) is 12.2. The molecule has 1 aliphatic rings. The average Bonchev–Trinajstić information content (AvgIpc) is 2.63. The highest BCUT2D eigenvalue weighted by Crippen LogP contribution is 2.16. The van der Waals surface area contributed by atoms with Gasteiger partial charge in [0.1, 0.15) is 11.8 Å². The first-order valence-electron chi connectivity index (χ1n) is 6.95. The summed E-state index contributed by atoms with van der Waals surface area (Å²) in [4.78, 5) is 25.6. The molecular formula is C14H21N3O3. The molecule has 20 heavy (non-hydrogen) atoms. The van der Waals surface area contributed by atoms with Crippen molar-refractivity contribution in [2.45, 2.75) is 52.1 Å². The molecule has 1 aliphatic heterocycles. The van der Waals surface area contributed by atoms with Crippen LogP contribution in [0, 0.1) is 13.8 Å². The summed E-state index contributed by atoms with van der Waals surface area (Å²) in [6, 6.07) is -0.407. The molecule has 1 aromatic heterocycles. The summed E-state index contributed by atoms with van der Waals surface area (Å²) in [5.74, 6) is 0.638. The molecule has 1 aromatic rings. The van der Waals surface area contributed by atoms with Crippen LogP contribution in [-0.4, -0.2) is 35.0 Å². The van der Waals surface area contributed by atoms with E-state index in [-0.39, 0.29) is 11.8 Å². The Morgan fingerprint density at radius 2 is 2.20 bits per heavy atom. The fourth-order valence-electron chi connectivity index (χ4n) is 2.47. The third-order valence-corrected chi connectivity index (χ3v) is 3.73. The first-order chi connectivity index (χ1) is 9.49. The molecule has 0 aliphatic carbocycles. The molecule has 1 fully saturated rings. The Labute approximate surface area is 118 Å². The van der Waals surface area contributed by atoms with Crippen LogP contribution in [0.25, 0.3) is 0 Å². The third kappa shape index (κ3) is 3.18. The lowest BCUT2D eigenvalue weighted by molar-refractivity contribution is -0.135. The second kappa shape index (κ2) is 6.07. The first kappa shape index (κ1) is 14.6. The van der Waals surface area contributed by atoms with E-state index in [0.29, 0.717) is 19.4 Å². The molecule has 0 saturated carbocycles. The van der Waals surface area contributed by atoms with Gasteiger partial charge in [0, 0.05) is 19.0 Å². The van der Waals surface area contributed by atoms with Crippen molar-refractivity contribution in [1.29, 1.82) is 0 Å². The standard InChI is InChI=1S/C14H21N3O3/c1-9-11(10(2)20-16-9)8-17(3)14(19)12-6-4-5-7-13(18)15-12/h12H,4-8H2,1-3H3,(H,15,18). The average molecular weight is 279 g/mol. The number of carbonyl (C=O) groups is 2. The third-order valence-electron chi connectivity index (χ3n) is 3.73. The van der Waals surface area contributed by atoms with E-state index in [1.807, 2.05) is 13.8 Å². The summed E-state index contributed by atoms with van der Waals surface area (Å²) in [6.07, 6.45) is 2.96. The number of carbonyl (C=O) groups excluding carboxylic acids is 2. The molecule has 1 unspecified atom stereocenters. The van der Waals surface area contributed by atoms with Crippen molar-refractivity contribution in [2.24, 2.45) is 0 Å². The Morgan fingerprint density at radius 1 is 1.45 bits per heavy atom. The zero-order valence-corrected chi connectivity index (χ0v) is 12.2.